The van der Waals surface area contributed by atoms with Crippen LogP contribution in [0.25, 0.3) is 10.9 Å². The topological polar surface area (TPSA) is 87.7 Å². The molecule has 1 aliphatic carbocycles. The number of hydrogen-bond acceptors (Lipinski definition) is 5. The molecule has 11 heteroatoms. The van der Waals surface area contributed by atoms with Gasteiger partial charge in [0.2, 0.25) is 0 Å². The molecule has 2 heterocycles. The first-order valence-electron chi connectivity index (χ1n) is 10.4. The van der Waals surface area contributed by atoms with Gasteiger partial charge in [-0.2, -0.15) is 13.2 Å². The number of nitrogens with zero attached hydrogens (tertiary/aromatic N) is 3. The number of imide groups is 1. The molecule has 2 fully saturated rings. The van der Waals surface area contributed by atoms with Crippen molar-refractivity contribution in [2.75, 3.05) is 4.90 Å². The van der Waals surface area contributed by atoms with Crippen LogP contribution in [0.5, 0.6) is 0 Å². The predicted molar refractivity (Wildman–Crippen MR) is 117 cm³/mol. The number of sulfone groups is 1. The summed E-state index contributed by atoms with van der Waals surface area (Å²) in [5.74, 6) is -0.473. The molecule has 1 aliphatic heterocycles. The smallest absolute Gasteiger partial charge is 0.305 e. The molecule has 2 aliphatic rings. The maximum atomic E-state index is 13.4. The number of aromatic nitrogens is 1. The Balaban J connectivity index is 1.49. The lowest BCUT2D eigenvalue weighted by atomic mass is 10.0. The number of fused-ring (bicyclic) bond motifs is 1. The van der Waals surface area contributed by atoms with E-state index in [0.29, 0.717) is 12.8 Å². The van der Waals surface area contributed by atoms with Crippen molar-refractivity contribution >= 4 is 38.4 Å². The molecular formula is C23H18F3N3O4S. The minimum Gasteiger partial charge on any atom is -0.305 e. The Morgan fingerprint density at radius 1 is 1.03 bits per heavy atom. The van der Waals surface area contributed by atoms with Crippen LogP contribution >= 0.6 is 0 Å². The first-order valence-corrected chi connectivity index (χ1v) is 11.9. The number of amides is 3. The highest BCUT2D eigenvalue weighted by Gasteiger charge is 2.65. The van der Waals surface area contributed by atoms with Crippen LogP contribution in [0.3, 0.4) is 0 Å². The monoisotopic (exact) mass is 489 g/mol. The van der Waals surface area contributed by atoms with Gasteiger partial charge in [0.25, 0.3) is 15.7 Å². The van der Waals surface area contributed by atoms with Gasteiger partial charge in [0.05, 0.1) is 16.1 Å². The number of rotatable bonds is 4. The second kappa shape index (κ2) is 7.26. The van der Waals surface area contributed by atoms with Gasteiger partial charge in [0, 0.05) is 18.1 Å². The number of halogens is 3. The molecule has 0 N–H and O–H groups in total. The average Bonchev–Trinajstić information content (AvgIpc) is 3.55. The first kappa shape index (κ1) is 22.3. The van der Waals surface area contributed by atoms with Crippen molar-refractivity contribution in [2.45, 2.75) is 42.3 Å². The van der Waals surface area contributed by atoms with E-state index in [1.807, 2.05) is 25.1 Å². The van der Waals surface area contributed by atoms with Gasteiger partial charge in [0.1, 0.15) is 5.54 Å². The molecule has 0 bridgehead atoms. The fraction of sp³-hybridized carbons (Fsp3) is 0.261. The van der Waals surface area contributed by atoms with Gasteiger partial charge in [0.15, 0.2) is 0 Å². The van der Waals surface area contributed by atoms with E-state index in [1.54, 1.807) is 12.3 Å². The van der Waals surface area contributed by atoms with Crippen LogP contribution in [-0.2, 0) is 21.2 Å². The van der Waals surface area contributed by atoms with Crippen molar-refractivity contribution in [3.8, 4) is 0 Å². The fourth-order valence-corrected chi connectivity index (χ4v) is 5.20. The van der Waals surface area contributed by atoms with Crippen molar-refractivity contribution in [2.24, 2.45) is 0 Å². The standard InChI is InChI=1S/C23H18F3N3O4S/c1-14-3-2-4-18-19(14)15(9-12-27-18)13-28-21(31)29(20(30)22(28)10-11-22)16-5-7-17(8-6-16)34(32,33)23(24,25)26/h2-9,12H,10-11,13H2,1H3. The third-order valence-corrected chi connectivity index (χ3v) is 7.87. The lowest BCUT2D eigenvalue weighted by Crippen LogP contribution is -2.36. The minimum atomic E-state index is -5.54. The minimum absolute atomic E-state index is 0.0145. The van der Waals surface area contributed by atoms with E-state index >= 15 is 0 Å². The summed E-state index contributed by atoms with van der Waals surface area (Å²) in [6.07, 6.45) is 2.57. The number of anilines is 1. The lowest BCUT2D eigenvalue weighted by Gasteiger charge is -2.22. The molecule has 7 nitrogen and oxygen atoms in total. The molecule has 0 radical (unpaired) electrons. The Morgan fingerprint density at radius 3 is 2.32 bits per heavy atom. The third kappa shape index (κ3) is 3.17. The molecule has 1 saturated heterocycles. The predicted octanol–water partition coefficient (Wildman–Crippen LogP) is 4.34. The van der Waals surface area contributed by atoms with Gasteiger partial charge in [-0.3, -0.25) is 9.78 Å². The van der Waals surface area contributed by atoms with Crippen molar-refractivity contribution in [3.63, 3.8) is 0 Å². The Labute approximate surface area is 192 Å². The molecule has 0 unspecified atom stereocenters. The number of aryl methyl sites for hydroxylation is 1. The van der Waals surface area contributed by atoms with Crippen LogP contribution in [0.15, 0.2) is 59.6 Å². The molecule has 3 amide bonds. The molecule has 5 rings (SSSR count). The van der Waals surface area contributed by atoms with Crippen LogP contribution in [0.2, 0.25) is 0 Å². The van der Waals surface area contributed by atoms with E-state index in [9.17, 15) is 31.2 Å². The normalized spacial score (nSPS) is 17.8. The quantitative estimate of drug-likeness (QED) is 0.509. The zero-order valence-electron chi connectivity index (χ0n) is 17.8. The third-order valence-electron chi connectivity index (χ3n) is 6.36. The Hall–Kier alpha value is -3.47. The Kier molecular flexibility index (Phi) is 4.77. The van der Waals surface area contributed by atoms with E-state index in [1.165, 1.54) is 4.90 Å². The summed E-state index contributed by atoms with van der Waals surface area (Å²) in [6, 6.07) is 10.4. The van der Waals surface area contributed by atoms with E-state index in [0.717, 1.165) is 51.2 Å². The maximum Gasteiger partial charge on any atom is 0.501 e. The van der Waals surface area contributed by atoms with E-state index in [4.69, 9.17) is 0 Å². The van der Waals surface area contributed by atoms with E-state index in [-0.39, 0.29) is 12.2 Å². The van der Waals surface area contributed by atoms with Crippen molar-refractivity contribution in [1.29, 1.82) is 0 Å². The van der Waals surface area contributed by atoms with Crippen LogP contribution in [-0.4, -0.2) is 41.3 Å². The molecule has 1 spiro atoms. The van der Waals surface area contributed by atoms with Gasteiger partial charge in [-0.25, -0.2) is 18.1 Å². The molecule has 1 saturated carbocycles. The highest BCUT2D eigenvalue weighted by molar-refractivity contribution is 7.92. The summed E-state index contributed by atoms with van der Waals surface area (Å²) in [5.41, 5.74) is -3.88. The van der Waals surface area contributed by atoms with Crippen LogP contribution < -0.4 is 4.90 Å². The average molecular weight is 489 g/mol. The fourth-order valence-electron chi connectivity index (χ4n) is 4.44. The molecule has 176 valence electrons. The van der Waals surface area contributed by atoms with Gasteiger partial charge >= 0.3 is 11.5 Å². The molecule has 34 heavy (non-hydrogen) atoms. The summed E-state index contributed by atoms with van der Waals surface area (Å²) in [4.78, 5) is 32.4. The van der Waals surface area contributed by atoms with E-state index in [2.05, 4.69) is 4.98 Å². The Morgan fingerprint density at radius 2 is 1.71 bits per heavy atom. The van der Waals surface area contributed by atoms with Crippen LogP contribution in [0.1, 0.15) is 24.0 Å². The summed E-state index contributed by atoms with van der Waals surface area (Å²) in [6.45, 7) is 2.09. The Bertz CT molecular complexity index is 1440. The molecule has 2 aromatic carbocycles. The van der Waals surface area contributed by atoms with Crippen molar-refractivity contribution in [1.82, 2.24) is 9.88 Å². The van der Waals surface area contributed by atoms with Gasteiger partial charge in [-0.1, -0.05) is 12.1 Å². The zero-order chi connectivity index (χ0) is 24.5. The number of pyridine rings is 1. The van der Waals surface area contributed by atoms with Crippen molar-refractivity contribution in [3.05, 3.63) is 65.9 Å². The summed E-state index contributed by atoms with van der Waals surface area (Å²) >= 11 is 0. The van der Waals surface area contributed by atoms with Crippen LogP contribution in [0, 0.1) is 6.92 Å². The number of urea groups is 1. The largest absolute Gasteiger partial charge is 0.501 e. The molecular weight excluding hydrogens is 471 g/mol. The number of alkyl halides is 3. The van der Waals surface area contributed by atoms with Crippen LogP contribution in [0.4, 0.5) is 23.7 Å². The van der Waals surface area contributed by atoms with Gasteiger partial charge in [-0.05, 0) is 67.3 Å². The summed E-state index contributed by atoms with van der Waals surface area (Å²) in [5, 5.41) is 0.890. The van der Waals surface area contributed by atoms with Gasteiger partial charge < -0.3 is 4.90 Å². The highest BCUT2D eigenvalue weighted by atomic mass is 32.2. The maximum absolute atomic E-state index is 13.4. The molecule has 0 atom stereocenters. The van der Waals surface area contributed by atoms with Gasteiger partial charge in [-0.15, -0.1) is 0 Å². The number of hydrogen-bond donors (Lipinski definition) is 0. The first-order chi connectivity index (χ1) is 16.0. The number of benzene rings is 2. The number of carbonyl (C=O) groups is 2. The van der Waals surface area contributed by atoms with E-state index < -0.39 is 37.7 Å². The molecule has 3 aromatic rings. The van der Waals surface area contributed by atoms with Crippen molar-refractivity contribution < 1.29 is 31.2 Å². The second-order valence-corrected chi connectivity index (χ2v) is 10.4. The molecule has 1 aromatic heterocycles. The number of carbonyl (C=O) groups excluding carboxylic acids is 2. The second-order valence-electron chi connectivity index (χ2n) is 8.42. The summed E-state index contributed by atoms with van der Waals surface area (Å²) in [7, 11) is -5.54. The lowest BCUT2D eigenvalue weighted by molar-refractivity contribution is -0.120. The zero-order valence-corrected chi connectivity index (χ0v) is 18.7. The highest BCUT2D eigenvalue weighted by Crippen LogP contribution is 2.50. The SMILES string of the molecule is Cc1cccc2nccc(CN3C(=O)N(c4ccc(S(=O)(=O)C(F)(F)F)cc4)C(=O)C34CC4)c12. The summed E-state index contributed by atoms with van der Waals surface area (Å²) < 4.78 is 61.8.